The minimum absolute atomic E-state index is 0.0380. The van der Waals surface area contributed by atoms with Crippen molar-refractivity contribution in [2.24, 2.45) is 0 Å². The van der Waals surface area contributed by atoms with Crippen molar-refractivity contribution in [1.29, 1.82) is 0 Å². The lowest BCUT2D eigenvalue weighted by Gasteiger charge is -2.11. The highest BCUT2D eigenvalue weighted by Crippen LogP contribution is 2.22. The second-order valence-corrected chi connectivity index (χ2v) is 4.30. The molecule has 0 saturated carbocycles. The van der Waals surface area contributed by atoms with E-state index < -0.39 is 10.8 Å². The molecular weight excluding hydrogens is 274 g/mol. The van der Waals surface area contributed by atoms with Gasteiger partial charge in [-0.2, -0.15) is 0 Å². The van der Waals surface area contributed by atoms with E-state index in [0.717, 1.165) is 6.07 Å². The zero-order valence-corrected chi connectivity index (χ0v) is 11.1. The Hall–Kier alpha value is -2.15. The first kappa shape index (κ1) is 14.9. The van der Waals surface area contributed by atoms with Gasteiger partial charge in [0.15, 0.2) is 0 Å². The van der Waals surface area contributed by atoms with Crippen LogP contribution in [0.3, 0.4) is 0 Å². The molecule has 102 valence electrons. The molecule has 0 heterocycles. The van der Waals surface area contributed by atoms with Crippen LogP contribution in [0.2, 0.25) is 5.02 Å². The van der Waals surface area contributed by atoms with E-state index >= 15 is 0 Å². The number of carbonyl (C=O) groups is 2. The van der Waals surface area contributed by atoms with E-state index in [0.29, 0.717) is 0 Å². The maximum atomic E-state index is 11.7. The maximum absolute atomic E-state index is 11.7. The van der Waals surface area contributed by atoms with Crippen molar-refractivity contribution in [3.8, 4) is 0 Å². The Kier molecular flexibility index (Phi) is 4.82. The van der Waals surface area contributed by atoms with Crippen LogP contribution in [-0.4, -0.2) is 42.3 Å². The number of hydrogen-bond donors (Lipinski definition) is 1. The fraction of sp³-hybridized carbons (Fsp3) is 0.273. The van der Waals surface area contributed by atoms with Gasteiger partial charge in [0.05, 0.1) is 22.1 Å². The number of hydrogen-bond acceptors (Lipinski definition) is 4. The molecule has 0 aliphatic heterocycles. The minimum atomic E-state index is -0.608. The van der Waals surface area contributed by atoms with Gasteiger partial charge in [-0.25, -0.2) is 0 Å². The van der Waals surface area contributed by atoms with E-state index in [-0.39, 0.29) is 28.7 Å². The molecule has 1 rings (SSSR count). The Morgan fingerprint density at radius 3 is 2.53 bits per heavy atom. The van der Waals surface area contributed by atoms with Gasteiger partial charge >= 0.3 is 0 Å². The molecule has 7 nitrogen and oxygen atoms in total. The fourth-order valence-electron chi connectivity index (χ4n) is 1.21. The summed E-state index contributed by atoms with van der Waals surface area (Å²) >= 11 is 5.79. The maximum Gasteiger partial charge on any atom is 0.270 e. The lowest BCUT2D eigenvalue weighted by Crippen LogP contribution is -2.36. The number of nitrogens with one attached hydrogen (secondary N) is 1. The quantitative estimate of drug-likeness (QED) is 0.661. The lowest BCUT2D eigenvalue weighted by molar-refractivity contribution is -0.384. The number of carbonyl (C=O) groups excluding carboxylic acids is 2. The third kappa shape index (κ3) is 3.92. The highest BCUT2D eigenvalue weighted by atomic mass is 35.5. The lowest BCUT2D eigenvalue weighted by atomic mass is 10.2. The standard InChI is InChI=1S/C11H12ClN3O4/c1-14(2)10(16)6-13-11(17)8-4-3-7(15(18)19)5-9(8)12/h3-5H,6H2,1-2H3,(H,13,17). The largest absolute Gasteiger partial charge is 0.347 e. The molecule has 0 atom stereocenters. The molecule has 1 aromatic rings. The third-order valence-electron chi connectivity index (χ3n) is 2.31. The summed E-state index contributed by atoms with van der Waals surface area (Å²) in [6.45, 7) is -0.168. The molecule has 1 N–H and O–H groups in total. The summed E-state index contributed by atoms with van der Waals surface area (Å²) in [5, 5.41) is 12.9. The molecule has 0 saturated heterocycles. The number of rotatable bonds is 4. The topological polar surface area (TPSA) is 92.6 Å². The van der Waals surface area contributed by atoms with Gasteiger partial charge in [-0.15, -0.1) is 0 Å². The molecule has 0 unspecified atom stereocenters. The normalized spacial score (nSPS) is 9.84. The van der Waals surface area contributed by atoms with Crippen molar-refractivity contribution >= 4 is 29.1 Å². The van der Waals surface area contributed by atoms with E-state index in [1.807, 2.05) is 0 Å². The number of nitrogens with zero attached hydrogens (tertiary/aromatic N) is 2. The first-order chi connectivity index (χ1) is 8.82. The van der Waals surface area contributed by atoms with Crippen molar-refractivity contribution in [2.75, 3.05) is 20.6 Å². The predicted molar refractivity (Wildman–Crippen MR) is 69.1 cm³/mol. The van der Waals surface area contributed by atoms with E-state index in [2.05, 4.69) is 5.32 Å². The summed E-state index contributed by atoms with van der Waals surface area (Å²) in [6.07, 6.45) is 0. The SMILES string of the molecule is CN(C)C(=O)CNC(=O)c1ccc([N+](=O)[O-])cc1Cl. The molecule has 1 aromatic carbocycles. The number of halogens is 1. The molecule has 0 bridgehead atoms. The second-order valence-electron chi connectivity index (χ2n) is 3.89. The van der Waals surface area contributed by atoms with Crippen molar-refractivity contribution < 1.29 is 14.5 Å². The van der Waals surface area contributed by atoms with Gasteiger partial charge in [-0.05, 0) is 6.07 Å². The molecule has 0 radical (unpaired) electrons. The van der Waals surface area contributed by atoms with Crippen molar-refractivity contribution in [1.82, 2.24) is 10.2 Å². The van der Waals surface area contributed by atoms with Gasteiger partial charge < -0.3 is 10.2 Å². The van der Waals surface area contributed by atoms with Crippen LogP contribution in [-0.2, 0) is 4.79 Å². The van der Waals surface area contributed by atoms with Gasteiger partial charge in [-0.1, -0.05) is 11.6 Å². The van der Waals surface area contributed by atoms with E-state index in [1.165, 1.54) is 17.0 Å². The van der Waals surface area contributed by atoms with Crippen molar-refractivity contribution in [3.05, 3.63) is 38.9 Å². The monoisotopic (exact) mass is 285 g/mol. The molecule has 0 aliphatic rings. The molecule has 2 amide bonds. The average molecular weight is 286 g/mol. The summed E-state index contributed by atoms with van der Waals surface area (Å²) in [6, 6.07) is 3.51. The Morgan fingerprint density at radius 1 is 1.42 bits per heavy atom. The van der Waals surface area contributed by atoms with E-state index in [9.17, 15) is 19.7 Å². The number of benzene rings is 1. The fourth-order valence-corrected chi connectivity index (χ4v) is 1.47. The van der Waals surface area contributed by atoms with Crippen molar-refractivity contribution in [3.63, 3.8) is 0 Å². The highest BCUT2D eigenvalue weighted by Gasteiger charge is 2.15. The van der Waals surface area contributed by atoms with E-state index in [1.54, 1.807) is 14.1 Å². The first-order valence-electron chi connectivity index (χ1n) is 5.25. The van der Waals surface area contributed by atoms with Gasteiger partial charge in [0.25, 0.3) is 11.6 Å². The van der Waals surface area contributed by atoms with Gasteiger partial charge in [-0.3, -0.25) is 19.7 Å². The number of nitro benzene ring substituents is 1. The smallest absolute Gasteiger partial charge is 0.270 e. The van der Waals surface area contributed by atoms with Crippen LogP contribution in [0.5, 0.6) is 0 Å². The predicted octanol–water partition coefficient (Wildman–Crippen LogP) is 1.07. The molecule has 19 heavy (non-hydrogen) atoms. The number of likely N-dealkylation sites (N-methyl/N-ethyl adjacent to an activating group) is 1. The molecule has 0 aromatic heterocycles. The van der Waals surface area contributed by atoms with Crippen LogP contribution >= 0.6 is 11.6 Å². The molecular formula is C11H12ClN3O4. The van der Waals surface area contributed by atoms with Gasteiger partial charge in [0, 0.05) is 26.2 Å². The third-order valence-corrected chi connectivity index (χ3v) is 2.62. The Bertz CT molecular complexity index is 531. The first-order valence-corrected chi connectivity index (χ1v) is 5.63. The van der Waals surface area contributed by atoms with Crippen LogP contribution < -0.4 is 5.32 Å². The zero-order valence-electron chi connectivity index (χ0n) is 10.3. The van der Waals surface area contributed by atoms with Gasteiger partial charge in [0.2, 0.25) is 5.91 Å². The minimum Gasteiger partial charge on any atom is -0.347 e. The van der Waals surface area contributed by atoms with Crippen LogP contribution in [0.25, 0.3) is 0 Å². The van der Waals surface area contributed by atoms with Crippen LogP contribution in [0, 0.1) is 10.1 Å². The molecule has 8 heteroatoms. The zero-order chi connectivity index (χ0) is 14.6. The molecule has 0 spiro atoms. The van der Waals surface area contributed by atoms with Crippen molar-refractivity contribution in [2.45, 2.75) is 0 Å². The number of non-ortho nitro benzene ring substituents is 1. The Balaban J connectivity index is 2.78. The Morgan fingerprint density at radius 2 is 2.05 bits per heavy atom. The number of nitro groups is 1. The van der Waals surface area contributed by atoms with Gasteiger partial charge in [0.1, 0.15) is 0 Å². The summed E-state index contributed by atoms with van der Waals surface area (Å²) in [4.78, 5) is 34.3. The molecule has 0 fully saturated rings. The number of amides is 2. The average Bonchev–Trinajstić information content (AvgIpc) is 2.34. The summed E-state index contributed by atoms with van der Waals surface area (Å²) < 4.78 is 0. The second kappa shape index (κ2) is 6.14. The molecule has 0 aliphatic carbocycles. The summed E-state index contributed by atoms with van der Waals surface area (Å²) in [5.41, 5.74) is -0.121. The summed E-state index contributed by atoms with van der Waals surface area (Å²) in [5.74, 6) is -0.832. The Labute approximate surface area is 114 Å². The van der Waals surface area contributed by atoms with Crippen LogP contribution in [0.15, 0.2) is 18.2 Å². The van der Waals surface area contributed by atoms with Crippen LogP contribution in [0.1, 0.15) is 10.4 Å². The summed E-state index contributed by atoms with van der Waals surface area (Å²) in [7, 11) is 3.13. The van der Waals surface area contributed by atoms with E-state index in [4.69, 9.17) is 11.6 Å². The van der Waals surface area contributed by atoms with Crippen LogP contribution in [0.4, 0.5) is 5.69 Å². The highest BCUT2D eigenvalue weighted by molar-refractivity contribution is 6.34.